The maximum Gasteiger partial charge on any atom is 0.335 e. The van der Waals surface area contributed by atoms with Crippen molar-refractivity contribution in [2.75, 3.05) is 0 Å². The first-order chi connectivity index (χ1) is 10.1. The quantitative estimate of drug-likeness (QED) is 0.839. The SMILES string of the molecule is CCCCn1nnnc1COc1ccc(C(=O)O)cc1C. The van der Waals surface area contributed by atoms with Gasteiger partial charge in [0.15, 0.2) is 5.82 Å². The summed E-state index contributed by atoms with van der Waals surface area (Å²) in [6, 6.07) is 4.75. The number of hydrogen-bond acceptors (Lipinski definition) is 5. The van der Waals surface area contributed by atoms with Crippen LogP contribution in [0.3, 0.4) is 0 Å². The average Bonchev–Trinajstić information content (AvgIpc) is 2.91. The smallest absolute Gasteiger partial charge is 0.335 e. The van der Waals surface area contributed by atoms with Gasteiger partial charge in [0.1, 0.15) is 12.4 Å². The summed E-state index contributed by atoms with van der Waals surface area (Å²) in [6.07, 6.45) is 2.07. The van der Waals surface area contributed by atoms with Crippen LogP contribution in [0.2, 0.25) is 0 Å². The van der Waals surface area contributed by atoms with Crippen molar-refractivity contribution in [1.82, 2.24) is 20.2 Å². The van der Waals surface area contributed by atoms with Crippen molar-refractivity contribution in [2.24, 2.45) is 0 Å². The lowest BCUT2D eigenvalue weighted by molar-refractivity contribution is 0.0696. The zero-order valence-electron chi connectivity index (χ0n) is 12.1. The van der Waals surface area contributed by atoms with Crippen molar-refractivity contribution < 1.29 is 14.6 Å². The van der Waals surface area contributed by atoms with Crippen LogP contribution in [0.25, 0.3) is 0 Å². The Morgan fingerprint density at radius 2 is 2.24 bits per heavy atom. The Kier molecular flexibility index (Phi) is 4.86. The molecule has 21 heavy (non-hydrogen) atoms. The number of unbranched alkanes of at least 4 members (excludes halogenated alkanes) is 1. The molecule has 0 amide bonds. The Labute approximate surface area is 122 Å². The maximum atomic E-state index is 10.9. The Morgan fingerprint density at radius 3 is 2.90 bits per heavy atom. The monoisotopic (exact) mass is 290 g/mol. The second kappa shape index (κ2) is 6.83. The molecule has 0 radical (unpaired) electrons. The van der Waals surface area contributed by atoms with E-state index < -0.39 is 5.97 Å². The van der Waals surface area contributed by atoms with Gasteiger partial charge >= 0.3 is 5.97 Å². The summed E-state index contributed by atoms with van der Waals surface area (Å²) in [6.45, 7) is 4.93. The summed E-state index contributed by atoms with van der Waals surface area (Å²) in [5.74, 6) is 0.336. The highest BCUT2D eigenvalue weighted by molar-refractivity contribution is 5.88. The number of aromatic nitrogens is 4. The molecule has 0 atom stereocenters. The van der Waals surface area contributed by atoms with Gasteiger partial charge in [-0.25, -0.2) is 9.48 Å². The first-order valence-corrected chi connectivity index (χ1v) is 6.83. The van der Waals surface area contributed by atoms with E-state index in [0.29, 0.717) is 11.6 Å². The summed E-state index contributed by atoms with van der Waals surface area (Å²) in [7, 11) is 0. The van der Waals surface area contributed by atoms with Gasteiger partial charge in [0.05, 0.1) is 5.56 Å². The lowest BCUT2D eigenvalue weighted by Gasteiger charge is -2.09. The summed E-state index contributed by atoms with van der Waals surface area (Å²) >= 11 is 0. The molecular formula is C14H18N4O3. The van der Waals surface area contributed by atoms with Crippen LogP contribution in [-0.2, 0) is 13.2 Å². The number of aryl methyl sites for hydroxylation is 2. The summed E-state index contributed by atoms with van der Waals surface area (Å²) in [5.41, 5.74) is 1.01. The van der Waals surface area contributed by atoms with Crippen molar-refractivity contribution in [2.45, 2.75) is 39.8 Å². The Balaban J connectivity index is 2.03. The molecule has 0 spiro atoms. The number of aromatic carboxylic acids is 1. The number of ether oxygens (including phenoxy) is 1. The number of tetrazole rings is 1. The van der Waals surface area contributed by atoms with Crippen LogP contribution >= 0.6 is 0 Å². The van der Waals surface area contributed by atoms with Crippen LogP contribution in [0.1, 0.15) is 41.5 Å². The van der Waals surface area contributed by atoms with E-state index in [1.165, 1.54) is 6.07 Å². The fourth-order valence-corrected chi connectivity index (χ4v) is 1.89. The molecule has 1 aromatic heterocycles. The number of nitrogens with zero attached hydrogens (tertiary/aromatic N) is 4. The van der Waals surface area contributed by atoms with Gasteiger partial charge in [0, 0.05) is 6.54 Å². The molecule has 0 bridgehead atoms. The van der Waals surface area contributed by atoms with Gasteiger partial charge in [0.25, 0.3) is 0 Å². The molecule has 0 aliphatic carbocycles. The maximum absolute atomic E-state index is 10.9. The second-order valence-electron chi connectivity index (χ2n) is 4.75. The van der Waals surface area contributed by atoms with Crippen LogP contribution in [0.4, 0.5) is 0 Å². The predicted octanol–water partition coefficient (Wildman–Crippen LogP) is 2.06. The molecule has 2 rings (SSSR count). The number of carboxylic acids is 1. The van der Waals surface area contributed by atoms with Crippen molar-refractivity contribution in [3.63, 3.8) is 0 Å². The van der Waals surface area contributed by atoms with Gasteiger partial charge in [-0.05, 0) is 47.5 Å². The van der Waals surface area contributed by atoms with E-state index in [-0.39, 0.29) is 12.2 Å². The molecule has 7 heteroatoms. The van der Waals surface area contributed by atoms with E-state index >= 15 is 0 Å². The van der Waals surface area contributed by atoms with E-state index in [9.17, 15) is 4.79 Å². The highest BCUT2D eigenvalue weighted by atomic mass is 16.5. The van der Waals surface area contributed by atoms with Gasteiger partial charge in [0.2, 0.25) is 0 Å². The fourth-order valence-electron chi connectivity index (χ4n) is 1.89. The van der Waals surface area contributed by atoms with Crippen molar-refractivity contribution in [3.8, 4) is 5.75 Å². The lowest BCUT2D eigenvalue weighted by Crippen LogP contribution is -2.09. The third kappa shape index (κ3) is 3.77. The number of rotatable bonds is 7. The van der Waals surface area contributed by atoms with Crippen LogP contribution in [0.5, 0.6) is 5.75 Å². The minimum absolute atomic E-state index is 0.243. The molecule has 1 N–H and O–H groups in total. The summed E-state index contributed by atoms with van der Waals surface area (Å²) < 4.78 is 7.41. The first-order valence-electron chi connectivity index (χ1n) is 6.83. The number of benzene rings is 1. The third-order valence-corrected chi connectivity index (χ3v) is 3.11. The van der Waals surface area contributed by atoms with Crippen molar-refractivity contribution >= 4 is 5.97 Å². The van der Waals surface area contributed by atoms with Gasteiger partial charge in [-0.15, -0.1) is 5.10 Å². The van der Waals surface area contributed by atoms with Crippen LogP contribution in [0.15, 0.2) is 18.2 Å². The van der Waals surface area contributed by atoms with Gasteiger partial charge in [-0.1, -0.05) is 13.3 Å². The number of hydrogen-bond donors (Lipinski definition) is 1. The van der Waals surface area contributed by atoms with Crippen LogP contribution < -0.4 is 4.74 Å². The van der Waals surface area contributed by atoms with Gasteiger partial charge < -0.3 is 9.84 Å². The van der Waals surface area contributed by atoms with Crippen LogP contribution in [-0.4, -0.2) is 31.3 Å². The van der Waals surface area contributed by atoms with Gasteiger partial charge in [-0.3, -0.25) is 0 Å². The van der Waals surface area contributed by atoms with E-state index in [0.717, 1.165) is 24.9 Å². The van der Waals surface area contributed by atoms with Crippen LogP contribution in [0, 0.1) is 6.92 Å². The fraction of sp³-hybridized carbons (Fsp3) is 0.429. The van der Waals surface area contributed by atoms with Crippen molar-refractivity contribution in [1.29, 1.82) is 0 Å². The zero-order chi connectivity index (χ0) is 15.2. The highest BCUT2D eigenvalue weighted by Gasteiger charge is 2.09. The zero-order valence-corrected chi connectivity index (χ0v) is 12.1. The molecule has 1 heterocycles. The first kappa shape index (κ1) is 15.0. The van der Waals surface area contributed by atoms with E-state index in [1.54, 1.807) is 16.8 Å². The molecule has 0 fully saturated rings. The molecule has 0 saturated heterocycles. The molecule has 0 unspecified atom stereocenters. The number of carboxylic acid groups (broad SMARTS) is 1. The Hall–Kier alpha value is -2.44. The molecule has 7 nitrogen and oxygen atoms in total. The molecule has 0 aliphatic heterocycles. The highest BCUT2D eigenvalue weighted by Crippen LogP contribution is 2.20. The molecule has 2 aromatic rings. The topological polar surface area (TPSA) is 90.1 Å². The Morgan fingerprint density at radius 1 is 1.43 bits per heavy atom. The van der Waals surface area contributed by atoms with E-state index in [2.05, 4.69) is 22.4 Å². The Bertz CT molecular complexity index is 624. The van der Waals surface area contributed by atoms with Gasteiger partial charge in [-0.2, -0.15) is 0 Å². The molecule has 0 aliphatic rings. The predicted molar refractivity (Wildman–Crippen MR) is 75.2 cm³/mol. The molecule has 1 aromatic carbocycles. The molecule has 112 valence electrons. The molecule has 0 saturated carbocycles. The second-order valence-corrected chi connectivity index (χ2v) is 4.75. The minimum atomic E-state index is -0.951. The summed E-state index contributed by atoms with van der Waals surface area (Å²) in [5, 5.41) is 20.4. The largest absolute Gasteiger partial charge is 0.485 e. The minimum Gasteiger partial charge on any atom is -0.485 e. The summed E-state index contributed by atoms with van der Waals surface area (Å²) in [4.78, 5) is 10.9. The van der Waals surface area contributed by atoms with Crippen molar-refractivity contribution in [3.05, 3.63) is 35.2 Å². The molecular weight excluding hydrogens is 272 g/mol. The third-order valence-electron chi connectivity index (χ3n) is 3.11. The number of carbonyl (C=O) groups is 1. The standard InChI is InChI=1S/C14H18N4O3/c1-3-4-7-18-13(15-16-17-18)9-21-12-6-5-11(14(19)20)8-10(12)2/h5-6,8H,3-4,7,9H2,1-2H3,(H,19,20). The lowest BCUT2D eigenvalue weighted by atomic mass is 10.1. The van der Waals surface area contributed by atoms with E-state index in [1.807, 2.05) is 6.92 Å². The normalized spacial score (nSPS) is 10.6. The van der Waals surface area contributed by atoms with E-state index in [4.69, 9.17) is 9.84 Å². The average molecular weight is 290 g/mol.